The summed E-state index contributed by atoms with van der Waals surface area (Å²) >= 11 is 0. The molecule has 0 atom stereocenters. The first-order valence-corrected chi connectivity index (χ1v) is 10.7. The number of methoxy groups -OCH3 is 1. The van der Waals surface area contributed by atoms with Crippen molar-refractivity contribution in [3.05, 3.63) is 95.6 Å². The van der Waals surface area contributed by atoms with Gasteiger partial charge < -0.3 is 15.0 Å². The van der Waals surface area contributed by atoms with Crippen molar-refractivity contribution in [1.82, 2.24) is 4.90 Å². The number of rotatable bonds is 8. The van der Waals surface area contributed by atoms with E-state index in [9.17, 15) is 9.59 Å². The van der Waals surface area contributed by atoms with Crippen LogP contribution in [0.1, 0.15) is 35.3 Å². The summed E-state index contributed by atoms with van der Waals surface area (Å²) in [6, 6.07) is 24.0. The number of hydrogen-bond acceptors (Lipinski definition) is 3. The van der Waals surface area contributed by atoms with E-state index in [0.717, 1.165) is 11.1 Å². The highest BCUT2D eigenvalue weighted by Crippen LogP contribution is 2.26. The quantitative estimate of drug-likeness (QED) is 0.388. The van der Waals surface area contributed by atoms with E-state index < -0.39 is 0 Å². The van der Waals surface area contributed by atoms with Crippen molar-refractivity contribution in [3.63, 3.8) is 0 Å². The SMILES string of the molecule is CCN(CC)C(=O)c1cccc(NC(=O)/C(=C/c2ccccc2OC)c2ccccc2)c1. The topological polar surface area (TPSA) is 58.6 Å². The lowest BCUT2D eigenvalue weighted by atomic mass is 10.0. The van der Waals surface area contributed by atoms with Crippen LogP contribution in [0.5, 0.6) is 5.75 Å². The van der Waals surface area contributed by atoms with Crippen LogP contribution in [-0.4, -0.2) is 36.9 Å². The van der Waals surface area contributed by atoms with Crippen LogP contribution in [0.25, 0.3) is 11.6 Å². The number of ether oxygens (including phenoxy) is 1. The van der Waals surface area contributed by atoms with Gasteiger partial charge in [0, 0.05) is 35.5 Å². The van der Waals surface area contributed by atoms with Crippen molar-refractivity contribution in [2.24, 2.45) is 0 Å². The third-order valence-electron chi connectivity index (χ3n) is 5.19. The Morgan fingerprint density at radius 3 is 2.22 bits per heavy atom. The number of amides is 2. The summed E-state index contributed by atoms with van der Waals surface area (Å²) in [4.78, 5) is 27.8. The van der Waals surface area contributed by atoms with E-state index in [2.05, 4.69) is 5.32 Å². The molecule has 0 fully saturated rings. The highest BCUT2D eigenvalue weighted by atomic mass is 16.5. The molecule has 0 aliphatic carbocycles. The van der Waals surface area contributed by atoms with E-state index in [1.54, 1.807) is 36.3 Å². The van der Waals surface area contributed by atoms with Crippen LogP contribution >= 0.6 is 0 Å². The average molecular weight is 429 g/mol. The Morgan fingerprint density at radius 2 is 1.53 bits per heavy atom. The van der Waals surface area contributed by atoms with Crippen molar-refractivity contribution in [2.45, 2.75) is 13.8 Å². The van der Waals surface area contributed by atoms with Crippen LogP contribution < -0.4 is 10.1 Å². The molecule has 1 N–H and O–H groups in total. The second-order valence-electron chi connectivity index (χ2n) is 7.18. The van der Waals surface area contributed by atoms with E-state index in [1.807, 2.05) is 74.5 Å². The Balaban J connectivity index is 1.94. The van der Waals surface area contributed by atoms with Crippen LogP contribution in [0.3, 0.4) is 0 Å². The predicted molar refractivity (Wildman–Crippen MR) is 130 cm³/mol. The molecule has 0 radical (unpaired) electrons. The number of carbonyl (C=O) groups excluding carboxylic acids is 2. The Kier molecular flexibility index (Phi) is 7.81. The maximum absolute atomic E-state index is 13.3. The molecule has 2 amide bonds. The number of nitrogens with zero attached hydrogens (tertiary/aromatic N) is 1. The first kappa shape index (κ1) is 22.8. The molecule has 0 unspecified atom stereocenters. The van der Waals surface area contributed by atoms with Crippen molar-refractivity contribution >= 4 is 29.2 Å². The van der Waals surface area contributed by atoms with Crippen molar-refractivity contribution < 1.29 is 14.3 Å². The van der Waals surface area contributed by atoms with Gasteiger partial charge in [-0.05, 0) is 49.8 Å². The van der Waals surface area contributed by atoms with E-state index in [-0.39, 0.29) is 11.8 Å². The number of anilines is 1. The van der Waals surface area contributed by atoms with Gasteiger partial charge in [-0.1, -0.05) is 54.6 Å². The van der Waals surface area contributed by atoms with Crippen LogP contribution in [0, 0.1) is 0 Å². The first-order chi connectivity index (χ1) is 15.6. The lowest BCUT2D eigenvalue weighted by Gasteiger charge is -2.19. The summed E-state index contributed by atoms with van der Waals surface area (Å²) in [6.45, 7) is 5.15. The van der Waals surface area contributed by atoms with Gasteiger partial charge in [0.05, 0.1) is 7.11 Å². The summed E-state index contributed by atoms with van der Waals surface area (Å²) in [6.07, 6.45) is 1.81. The van der Waals surface area contributed by atoms with Crippen LogP contribution in [0.15, 0.2) is 78.9 Å². The van der Waals surface area contributed by atoms with Gasteiger partial charge in [0.25, 0.3) is 11.8 Å². The summed E-state index contributed by atoms with van der Waals surface area (Å²) in [7, 11) is 1.60. The minimum Gasteiger partial charge on any atom is -0.496 e. The lowest BCUT2D eigenvalue weighted by molar-refractivity contribution is -0.111. The first-order valence-electron chi connectivity index (χ1n) is 10.7. The second-order valence-corrected chi connectivity index (χ2v) is 7.18. The van der Waals surface area contributed by atoms with Crippen LogP contribution in [-0.2, 0) is 4.79 Å². The molecule has 0 heterocycles. The fourth-order valence-corrected chi connectivity index (χ4v) is 3.46. The van der Waals surface area contributed by atoms with Gasteiger partial charge in [-0.3, -0.25) is 9.59 Å². The molecule has 5 heteroatoms. The molecule has 5 nitrogen and oxygen atoms in total. The molecule has 0 aromatic heterocycles. The third kappa shape index (κ3) is 5.43. The normalized spacial score (nSPS) is 11.0. The zero-order chi connectivity index (χ0) is 22.9. The molecule has 0 saturated carbocycles. The molecule has 164 valence electrons. The molecule has 0 aliphatic rings. The Labute approximate surface area is 189 Å². The molecule has 3 rings (SSSR count). The standard InChI is InChI=1S/C27H28N2O3/c1-4-29(5-2)27(31)22-15-11-16-23(18-22)28-26(30)24(20-12-7-6-8-13-20)19-21-14-9-10-17-25(21)32-3/h6-19H,4-5H2,1-3H3,(H,28,30)/b24-19+. The van der Waals surface area contributed by atoms with Gasteiger partial charge >= 0.3 is 0 Å². The minimum absolute atomic E-state index is 0.0565. The maximum Gasteiger partial charge on any atom is 0.256 e. The minimum atomic E-state index is -0.269. The summed E-state index contributed by atoms with van der Waals surface area (Å²) in [5.74, 6) is 0.356. The largest absolute Gasteiger partial charge is 0.496 e. The van der Waals surface area contributed by atoms with Crippen molar-refractivity contribution in [3.8, 4) is 5.75 Å². The predicted octanol–water partition coefficient (Wildman–Crippen LogP) is 5.36. The number of benzene rings is 3. The maximum atomic E-state index is 13.3. The van der Waals surface area contributed by atoms with Crippen LogP contribution in [0.2, 0.25) is 0 Å². The molecule has 0 bridgehead atoms. The Bertz CT molecular complexity index is 1100. The third-order valence-corrected chi connectivity index (χ3v) is 5.19. The van der Waals surface area contributed by atoms with Gasteiger partial charge in [0.2, 0.25) is 0 Å². The van der Waals surface area contributed by atoms with Gasteiger partial charge in [0.1, 0.15) is 5.75 Å². The molecule has 0 spiro atoms. The second kappa shape index (κ2) is 11.0. The van der Waals surface area contributed by atoms with E-state index in [0.29, 0.717) is 35.7 Å². The lowest BCUT2D eigenvalue weighted by Crippen LogP contribution is -2.30. The zero-order valence-corrected chi connectivity index (χ0v) is 18.7. The van der Waals surface area contributed by atoms with Gasteiger partial charge in [0.15, 0.2) is 0 Å². The molecule has 3 aromatic carbocycles. The van der Waals surface area contributed by atoms with Gasteiger partial charge in [-0.25, -0.2) is 0 Å². The summed E-state index contributed by atoms with van der Waals surface area (Å²) in [5, 5.41) is 2.95. The number of hydrogen-bond donors (Lipinski definition) is 1. The zero-order valence-electron chi connectivity index (χ0n) is 18.7. The number of carbonyl (C=O) groups is 2. The fraction of sp³-hybridized carbons (Fsp3) is 0.185. The highest BCUT2D eigenvalue weighted by Gasteiger charge is 2.16. The fourth-order valence-electron chi connectivity index (χ4n) is 3.46. The van der Waals surface area contributed by atoms with E-state index in [1.165, 1.54) is 0 Å². The van der Waals surface area contributed by atoms with Gasteiger partial charge in [-0.15, -0.1) is 0 Å². The number of para-hydroxylation sites is 1. The summed E-state index contributed by atoms with van der Waals surface area (Å²) in [5.41, 5.74) is 3.19. The summed E-state index contributed by atoms with van der Waals surface area (Å²) < 4.78 is 5.45. The van der Waals surface area contributed by atoms with E-state index in [4.69, 9.17) is 4.74 Å². The smallest absolute Gasteiger partial charge is 0.256 e. The molecule has 3 aromatic rings. The Hall–Kier alpha value is -3.86. The van der Waals surface area contributed by atoms with E-state index >= 15 is 0 Å². The van der Waals surface area contributed by atoms with Crippen LogP contribution in [0.4, 0.5) is 5.69 Å². The highest BCUT2D eigenvalue weighted by molar-refractivity contribution is 6.29. The van der Waals surface area contributed by atoms with Gasteiger partial charge in [-0.2, -0.15) is 0 Å². The molecule has 32 heavy (non-hydrogen) atoms. The average Bonchev–Trinajstić information content (AvgIpc) is 2.84. The Morgan fingerprint density at radius 1 is 0.875 bits per heavy atom. The molecule has 0 aliphatic heterocycles. The molecule has 0 saturated heterocycles. The van der Waals surface area contributed by atoms with Crippen molar-refractivity contribution in [2.75, 3.05) is 25.5 Å². The molecular formula is C27H28N2O3. The number of nitrogens with one attached hydrogen (secondary N) is 1. The van der Waals surface area contributed by atoms with Crippen molar-refractivity contribution in [1.29, 1.82) is 0 Å². The molecular weight excluding hydrogens is 400 g/mol. The monoisotopic (exact) mass is 428 g/mol.